The predicted molar refractivity (Wildman–Crippen MR) is 58.2 cm³/mol. The fraction of sp³-hybridized carbons (Fsp3) is 0.167. The van der Waals surface area contributed by atoms with Crippen LogP contribution in [0.15, 0.2) is 30.3 Å². The molecule has 0 spiro atoms. The van der Waals surface area contributed by atoms with E-state index < -0.39 is 0 Å². The summed E-state index contributed by atoms with van der Waals surface area (Å²) in [4.78, 5) is 0. The minimum atomic E-state index is 0.329. The Morgan fingerprint density at radius 3 is 2.71 bits per heavy atom. The molecule has 0 fully saturated rings. The largest absolute Gasteiger partial charge is 0.507 e. The summed E-state index contributed by atoms with van der Waals surface area (Å²) in [6.45, 7) is 2.50. The zero-order chi connectivity index (χ0) is 10.1. The normalized spacial score (nSPS) is 10.7. The van der Waals surface area contributed by atoms with Gasteiger partial charge in [-0.2, -0.15) is 0 Å². The SMILES string of the molecule is Cc1c(CN)ccc2cccc(O)c12. The molecule has 2 nitrogen and oxygen atoms in total. The average molecular weight is 187 g/mol. The summed E-state index contributed by atoms with van der Waals surface area (Å²) >= 11 is 0. The molecule has 0 saturated heterocycles. The fourth-order valence-electron chi connectivity index (χ4n) is 1.80. The van der Waals surface area contributed by atoms with Gasteiger partial charge >= 0.3 is 0 Å². The van der Waals surface area contributed by atoms with Gasteiger partial charge in [0.2, 0.25) is 0 Å². The van der Waals surface area contributed by atoms with E-state index in [2.05, 4.69) is 0 Å². The molecule has 0 heterocycles. The molecule has 2 aromatic carbocycles. The Kier molecular flexibility index (Phi) is 2.14. The number of rotatable bonds is 1. The molecule has 72 valence electrons. The third-order valence-electron chi connectivity index (χ3n) is 2.62. The van der Waals surface area contributed by atoms with Gasteiger partial charge in [0.05, 0.1) is 0 Å². The molecule has 0 aromatic heterocycles. The van der Waals surface area contributed by atoms with Gasteiger partial charge in [0.15, 0.2) is 0 Å². The molecule has 0 aliphatic carbocycles. The van der Waals surface area contributed by atoms with Crippen LogP contribution in [0.2, 0.25) is 0 Å². The lowest BCUT2D eigenvalue weighted by molar-refractivity contribution is 0.481. The Balaban J connectivity index is 2.86. The van der Waals surface area contributed by atoms with Crippen LogP contribution in [0.3, 0.4) is 0 Å². The van der Waals surface area contributed by atoms with Crippen LogP contribution in [0.4, 0.5) is 0 Å². The van der Waals surface area contributed by atoms with E-state index in [1.54, 1.807) is 6.07 Å². The van der Waals surface area contributed by atoms with Gasteiger partial charge < -0.3 is 10.8 Å². The summed E-state index contributed by atoms with van der Waals surface area (Å²) in [7, 11) is 0. The summed E-state index contributed by atoms with van der Waals surface area (Å²) < 4.78 is 0. The molecule has 3 N–H and O–H groups in total. The molecule has 0 aliphatic rings. The van der Waals surface area contributed by atoms with Crippen molar-refractivity contribution in [3.05, 3.63) is 41.5 Å². The highest BCUT2D eigenvalue weighted by Gasteiger charge is 2.05. The molecule has 0 radical (unpaired) electrons. The molecule has 2 rings (SSSR count). The molecule has 2 heteroatoms. The number of benzene rings is 2. The molecule has 0 amide bonds. The van der Waals surface area contributed by atoms with Gasteiger partial charge in [-0.05, 0) is 29.5 Å². The molecule has 14 heavy (non-hydrogen) atoms. The van der Waals surface area contributed by atoms with Crippen molar-refractivity contribution in [3.8, 4) is 5.75 Å². The van der Waals surface area contributed by atoms with E-state index in [4.69, 9.17) is 5.73 Å². The number of aryl methyl sites for hydroxylation is 1. The number of phenolic OH excluding ortho intramolecular Hbond substituents is 1. The van der Waals surface area contributed by atoms with Gasteiger partial charge in [-0.25, -0.2) is 0 Å². The Morgan fingerprint density at radius 1 is 1.21 bits per heavy atom. The van der Waals surface area contributed by atoms with Crippen molar-refractivity contribution >= 4 is 10.8 Å². The third-order valence-corrected chi connectivity index (χ3v) is 2.62. The molecule has 2 aromatic rings. The highest BCUT2D eigenvalue weighted by atomic mass is 16.3. The second-order valence-corrected chi connectivity index (χ2v) is 3.43. The van der Waals surface area contributed by atoms with Crippen LogP contribution in [0.5, 0.6) is 5.75 Å². The first-order valence-electron chi connectivity index (χ1n) is 4.64. The minimum Gasteiger partial charge on any atom is -0.507 e. The average Bonchev–Trinajstić information content (AvgIpc) is 2.18. The quantitative estimate of drug-likeness (QED) is 0.719. The van der Waals surface area contributed by atoms with Crippen LogP contribution in [0.1, 0.15) is 11.1 Å². The smallest absolute Gasteiger partial charge is 0.123 e. The topological polar surface area (TPSA) is 46.2 Å². The molecule has 0 unspecified atom stereocenters. The van der Waals surface area contributed by atoms with Crippen LogP contribution >= 0.6 is 0 Å². The Labute approximate surface area is 83.0 Å². The van der Waals surface area contributed by atoms with E-state index in [1.807, 2.05) is 31.2 Å². The first-order valence-corrected chi connectivity index (χ1v) is 4.64. The molecular weight excluding hydrogens is 174 g/mol. The first kappa shape index (κ1) is 9.03. The number of hydrogen-bond donors (Lipinski definition) is 2. The van der Waals surface area contributed by atoms with Gasteiger partial charge in [0, 0.05) is 11.9 Å². The van der Waals surface area contributed by atoms with Crippen molar-refractivity contribution in [2.45, 2.75) is 13.5 Å². The zero-order valence-electron chi connectivity index (χ0n) is 8.12. The lowest BCUT2D eigenvalue weighted by atomic mass is 9.99. The van der Waals surface area contributed by atoms with Gasteiger partial charge in [-0.1, -0.05) is 24.3 Å². The van der Waals surface area contributed by atoms with Crippen molar-refractivity contribution in [2.24, 2.45) is 5.73 Å². The molecular formula is C12H13NO. The number of hydrogen-bond acceptors (Lipinski definition) is 2. The van der Waals surface area contributed by atoms with Crippen LogP contribution in [-0.4, -0.2) is 5.11 Å². The minimum absolute atomic E-state index is 0.329. The van der Waals surface area contributed by atoms with Crippen LogP contribution < -0.4 is 5.73 Å². The van der Waals surface area contributed by atoms with Gasteiger partial charge in [-0.3, -0.25) is 0 Å². The number of phenols is 1. The van der Waals surface area contributed by atoms with Crippen molar-refractivity contribution in [2.75, 3.05) is 0 Å². The van der Waals surface area contributed by atoms with Crippen molar-refractivity contribution in [1.29, 1.82) is 0 Å². The summed E-state index contributed by atoms with van der Waals surface area (Å²) in [6.07, 6.45) is 0. The van der Waals surface area contributed by atoms with Gasteiger partial charge in [0.25, 0.3) is 0 Å². The lowest BCUT2D eigenvalue weighted by Crippen LogP contribution is -1.99. The highest BCUT2D eigenvalue weighted by Crippen LogP contribution is 2.29. The number of aromatic hydroxyl groups is 1. The Hall–Kier alpha value is -1.54. The number of fused-ring (bicyclic) bond motifs is 1. The van der Waals surface area contributed by atoms with E-state index >= 15 is 0 Å². The van der Waals surface area contributed by atoms with Crippen LogP contribution in [0.25, 0.3) is 10.8 Å². The lowest BCUT2D eigenvalue weighted by Gasteiger charge is -2.08. The van der Waals surface area contributed by atoms with Crippen LogP contribution in [0, 0.1) is 6.92 Å². The second kappa shape index (κ2) is 3.31. The summed E-state index contributed by atoms with van der Waals surface area (Å²) in [6, 6.07) is 9.54. The second-order valence-electron chi connectivity index (χ2n) is 3.43. The molecule has 0 bridgehead atoms. The van der Waals surface area contributed by atoms with Crippen molar-refractivity contribution < 1.29 is 5.11 Å². The van der Waals surface area contributed by atoms with Crippen LogP contribution in [-0.2, 0) is 6.54 Å². The molecule has 0 saturated carbocycles. The van der Waals surface area contributed by atoms with Gasteiger partial charge in [-0.15, -0.1) is 0 Å². The van der Waals surface area contributed by atoms with E-state index in [0.29, 0.717) is 12.3 Å². The maximum atomic E-state index is 9.73. The van der Waals surface area contributed by atoms with E-state index in [9.17, 15) is 5.11 Å². The van der Waals surface area contributed by atoms with Crippen molar-refractivity contribution in [3.63, 3.8) is 0 Å². The van der Waals surface area contributed by atoms with Crippen molar-refractivity contribution in [1.82, 2.24) is 0 Å². The maximum Gasteiger partial charge on any atom is 0.123 e. The summed E-state index contributed by atoms with van der Waals surface area (Å²) in [5, 5.41) is 11.7. The fourth-order valence-corrected chi connectivity index (χ4v) is 1.80. The van der Waals surface area contributed by atoms with E-state index in [-0.39, 0.29) is 0 Å². The molecule has 0 aliphatic heterocycles. The Morgan fingerprint density at radius 2 is 2.00 bits per heavy atom. The highest BCUT2D eigenvalue weighted by molar-refractivity contribution is 5.91. The van der Waals surface area contributed by atoms with E-state index in [1.165, 1.54) is 0 Å². The third kappa shape index (κ3) is 1.24. The van der Waals surface area contributed by atoms with E-state index in [0.717, 1.165) is 21.9 Å². The monoisotopic (exact) mass is 187 g/mol. The maximum absolute atomic E-state index is 9.73. The predicted octanol–water partition coefficient (Wildman–Crippen LogP) is 2.31. The summed E-state index contributed by atoms with van der Waals surface area (Å²) in [5.41, 5.74) is 7.76. The first-order chi connectivity index (χ1) is 6.74. The zero-order valence-corrected chi connectivity index (χ0v) is 8.12. The van der Waals surface area contributed by atoms with Gasteiger partial charge in [0.1, 0.15) is 5.75 Å². The Bertz CT molecular complexity index is 477. The number of nitrogens with two attached hydrogens (primary N) is 1. The molecule has 0 atom stereocenters. The standard InChI is InChI=1S/C12H13NO/c1-8-10(7-13)6-5-9-3-2-4-11(14)12(8)9/h2-6,14H,7,13H2,1H3. The summed E-state index contributed by atoms with van der Waals surface area (Å²) in [5.74, 6) is 0.329.